The molecule has 5 heteroatoms. The topological polar surface area (TPSA) is 56.8 Å². The zero-order valence-corrected chi connectivity index (χ0v) is 13.5. The molecule has 0 radical (unpaired) electrons. The second-order valence-electron chi connectivity index (χ2n) is 5.34. The van der Waals surface area contributed by atoms with Crippen molar-refractivity contribution in [1.29, 1.82) is 0 Å². The maximum absolute atomic E-state index is 11.8. The van der Waals surface area contributed by atoms with E-state index in [4.69, 9.17) is 14.2 Å². The van der Waals surface area contributed by atoms with Crippen LogP contribution in [0.3, 0.4) is 0 Å². The highest BCUT2D eigenvalue weighted by atomic mass is 16.7. The summed E-state index contributed by atoms with van der Waals surface area (Å²) in [5.41, 5.74) is 2.04. The summed E-state index contributed by atoms with van der Waals surface area (Å²) in [4.78, 5) is 11.8. The van der Waals surface area contributed by atoms with Crippen molar-refractivity contribution in [1.82, 2.24) is 5.32 Å². The van der Waals surface area contributed by atoms with Crippen molar-refractivity contribution in [2.75, 3.05) is 20.4 Å². The third kappa shape index (κ3) is 4.07. The van der Waals surface area contributed by atoms with Crippen LogP contribution in [0.15, 0.2) is 48.5 Å². The molecule has 0 aromatic heterocycles. The first-order valence-electron chi connectivity index (χ1n) is 7.73. The number of fused-ring (bicyclic) bond motifs is 1. The molecule has 5 nitrogen and oxygen atoms in total. The minimum Gasteiger partial charge on any atom is -0.497 e. The van der Waals surface area contributed by atoms with E-state index in [0.29, 0.717) is 6.54 Å². The van der Waals surface area contributed by atoms with Crippen LogP contribution in [0.2, 0.25) is 0 Å². The molecule has 0 spiro atoms. The number of carbonyl (C=O) groups is 1. The largest absolute Gasteiger partial charge is 0.497 e. The third-order valence-corrected chi connectivity index (χ3v) is 3.69. The zero-order valence-electron chi connectivity index (χ0n) is 13.5. The van der Waals surface area contributed by atoms with Crippen molar-refractivity contribution in [3.05, 3.63) is 59.7 Å². The van der Waals surface area contributed by atoms with Crippen LogP contribution in [-0.4, -0.2) is 26.4 Å². The molecule has 0 saturated heterocycles. The Balaban J connectivity index is 1.46. The first kappa shape index (κ1) is 15.9. The van der Waals surface area contributed by atoms with E-state index in [1.807, 2.05) is 42.5 Å². The van der Waals surface area contributed by atoms with Gasteiger partial charge in [0.1, 0.15) is 5.75 Å². The predicted octanol–water partition coefficient (Wildman–Crippen LogP) is 2.80. The quantitative estimate of drug-likeness (QED) is 0.830. The molecule has 1 aliphatic rings. The van der Waals surface area contributed by atoms with E-state index in [9.17, 15) is 4.79 Å². The van der Waals surface area contributed by atoms with Crippen LogP contribution in [0, 0.1) is 0 Å². The van der Waals surface area contributed by atoms with Crippen LogP contribution >= 0.6 is 0 Å². The van der Waals surface area contributed by atoms with Gasteiger partial charge in [-0.05, 0) is 47.9 Å². The average molecular weight is 325 g/mol. The Kier molecular flexibility index (Phi) is 5.01. The normalized spacial score (nSPS) is 12.4. The summed E-state index contributed by atoms with van der Waals surface area (Å²) in [6, 6.07) is 13.3. The van der Waals surface area contributed by atoms with E-state index in [2.05, 4.69) is 5.32 Å². The van der Waals surface area contributed by atoms with Gasteiger partial charge in [-0.2, -0.15) is 0 Å². The van der Waals surface area contributed by atoms with Gasteiger partial charge in [0.25, 0.3) is 0 Å². The summed E-state index contributed by atoms with van der Waals surface area (Å²) in [5.74, 6) is 2.20. The number of ether oxygens (including phenoxy) is 3. The summed E-state index contributed by atoms with van der Waals surface area (Å²) in [7, 11) is 1.62. The number of benzene rings is 2. The van der Waals surface area contributed by atoms with Crippen molar-refractivity contribution in [2.45, 2.75) is 6.42 Å². The van der Waals surface area contributed by atoms with Gasteiger partial charge in [0.2, 0.25) is 12.7 Å². The van der Waals surface area contributed by atoms with Crippen molar-refractivity contribution in [3.63, 3.8) is 0 Å². The molecule has 124 valence electrons. The molecular formula is C19H19NO4. The lowest BCUT2D eigenvalue weighted by atomic mass is 10.1. The number of methoxy groups -OCH3 is 1. The Morgan fingerprint density at radius 3 is 2.75 bits per heavy atom. The van der Waals surface area contributed by atoms with Crippen LogP contribution in [0.5, 0.6) is 17.2 Å². The van der Waals surface area contributed by atoms with E-state index in [1.165, 1.54) is 6.08 Å². The molecule has 24 heavy (non-hydrogen) atoms. The van der Waals surface area contributed by atoms with Gasteiger partial charge in [0.05, 0.1) is 7.11 Å². The summed E-state index contributed by atoms with van der Waals surface area (Å²) >= 11 is 0. The Bertz CT molecular complexity index is 738. The van der Waals surface area contributed by atoms with E-state index in [0.717, 1.165) is 34.8 Å². The number of rotatable bonds is 6. The van der Waals surface area contributed by atoms with Gasteiger partial charge in [-0.15, -0.1) is 0 Å². The van der Waals surface area contributed by atoms with Crippen molar-refractivity contribution in [3.8, 4) is 17.2 Å². The lowest BCUT2D eigenvalue weighted by molar-refractivity contribution is -0.116. The highest BCUT2D eigenvalue weighted by molar-refractivity contribution is 5.91. The zero-order chi connectivity index (χ0) is 16.8. The smallest absolute Gasteiger partial charge is 0.244 e. The van der Waals surface area contributed by atoms with Crippen molar-refractivity contribution >= 4 is 12.0 Å². The van der Waals surface area contributed by atoms with Crippen molar-refractivity contribution < 1.29 is 19.0 Å². The maximum atomic E-state index is 11.8. The molecule has 2 aromatic rings. The number of nitrogens with one attached hydrogen (secondary N) is 1. The van der Waals surface area contributed by atoms with Crippen LogP contribution in [0.25, 0.3) is 6.08 Å². The summed E-state index contributed by atoms with van der Waals surface area (Å²) < 4.78 is 15.7. The van der Waals surface area contributed by atoms with Gasteiger partial charge in [0.15, 0.2) is 11.5 Å². The molecule has 0 fully saturated rings. The van der Waals surface area contributed by atoms with Gasteiger partial charge >= 0.3 is 0 Å². The minimum absolute atomic E-state index is 0.119. The summed E-state index contributed by atoms with van der Waals surface area (Å²) in [5, 5.41) is 2.87. The molecule has 0 atom stereocenters. The standard InChI is InChI=1S/C19H19NO4/c1-22-16-6-2-14(3-7-16)5-9-19(21)20-11-10-15-4-8-17-18(12-15)24-13-23-17/h2-9,12H,10-11,13H2,1H3,(H,20,21)/b9-5+. The fourth-order valence-electron chi connectivity index (χ4n) is 2.37. The Morgan fingerprint density at radius 2 is 1.96 bits per heavy atom. The number of hydrogen-bond donors (Lipinski definition) is 1. The van der Waals surface area contributed by atoms with Gasteiger partial charge in [-0.3, -0.25) is 4.79 Å². The van der Waals surface area contributed by atoms with Gasteiger partial charge in [-0.1, -0.05) is 18.2 Å². The van der Waals surface area contributed by atoms with Crippen LogP contribution in [0.1, 0.15) is 11.1 Å². The molecule has 1 aliphatic heterocycles. The molecule has 2 aromatic carbocycles. The third-order valence-electron chi connectivity index (χ3n) is 3.69. The molecule has 1 amide bonds. The Hall–Kier alpha value is -2.95. The van der Waals surface area contributed by atoms with Crippen molar-refractivity contribution in [2.24, 2.45) is 0 Å². The van der Waals surface area contributed by atoms with Gasteiger partial charge < -0.3 is 19.5 Å². The molecular weight excluding hydrogens is 306 g/mol. The monoisotopic (exact) mass is 325 g/mol. The molecule has 0 unspecified atom stereocenters. The lowest BCUT2D eigenvalue weighted by Crippen LogP contribution is -2.23. The van der Waals surface area contributed by atoms with Crippen LogP contribution in [0.4, 0.5) is 0 Å². The second-order valence-corrected chi connectivity index (χ2v) is 5.34. The highest BCUT2D eigenvalue weighted by Crippen LogP contribution is 2.32. The van der Waals surface area contributed by atoms with E-state index < -0.39 is 0 Å². The molecule has 1 N–H and O–H groups in total. The molecule has 1 heterocycles. The lowest BCUT2D eigenvalue weighted by Gasteiger charge is -2.04. The van der Waals surface area contributed by atoms with E-state index in [-0.39, 0.29) is 12.7 Å². The molecule has 3 rings (SSSR count). The Morgan fingerprint density at radius 1 is 1.17 bits per heavy atom. The fourth-order valence-corrected chi connectivity index (χ4v) is 2.37. The number of hydrogen-bond acceptors (Lipinski definition) is 4. The van der Waals surface area contributed by atoms with E-state index >= 15 is 0 Å². The number of amides is 1. The highest BCUT2D eigenvalue weighted by Gasteiger charge is 2.12. The minimum atomic E-state index is -0.119. The molecule has 0 bridgehead atoms. The summed E-state index contributed by atoms with van der Waals surface area (Å²) in [6.45, 7) is 0.830. The summed E-state index contributed by atoms with van der Waals surface area (Å²) in [6.07, 6.45) is 4.04. The van der Waals surface area contributed by atoms with Gasteiger partial charge in [-0.25, -0.2) is 0 Å². The predicted molar refractivity (Wildman–Crippen MR) is 91.3 cm³/mol. The molecule has 0 aliphatic carbocycles. The second kappa shape index (κ2) is 7.55. The van der Waals surface area contributed by atoms with E-state index in [1.54, 1.807) is 13.2 Å². The SMILES string of the molecule is COc1ccc(/C=C/C(=O)NCCc2ccc3c(c2)OCO3)cc1. The first-order chi connectivity index (χ1) is 11.7. The van der Waals surface area contributed by atoms with Gasteiger partial charge in [0, 0.05) is 12.6 Å². The number of carbonyl (C=O) groups excluding carboxylic acids is 1. The molecule has 0 saturated carbocycles. The Labute approximate surface area is 140 Å². The fraction of sp³-hybridized carbons (Fsp3) is 0.211. The first-order valence-corrected chi connectivity index (χ1v) is 7.73. The van der Waals surface area contributed by atoms with Crippen LogP contribution in [-0.2, 0) is 11.2 Å². The van der Waals surface area contributed by atoms with Crippen LogP contribution < -0.4 is 19.5 Å². The average Bonchev–Trinajstić information content (AvgIpc) is 3.08. The maximum Gasteiger partial charge on any atom is 0.244 e.